The smallest absolute Gasteiger partial charge is 0.127 e. The van der Waals surface area contributed by atoms with Gasteiger partial charge in [-0.05, 0) is 6.07 Å². The Morgan fingerprint density at radius 2 is 2.00 bits per heavy atom. The van der Waals surface area contributed by atoms with Gasteiger partial charge in [0, 0.05) is 53.4 Å². The van der Waals surface area contributed by atoms with Crippen LogP contribution in [0.3, 0.4) is 0 Å². The summed E-state index contributed by atoms with van der Waals surface area (Å²) in [6.07, 6.45) is 4.71. The molecule has 2 aromatic heterocycles. The summed E-state index contributed by atoms with van der Waals surface area (Å²) < 4.78 is 5.38. The maximum Gasteiger partial charge on any atom is 0.127 e. The van der Waals surface area contributed by atoms with E-state index in [1.165, 1.54) is 10.6 Å². The van der Waals surface area contributed by atoms with Crippen LogP contribution in [0.25, 0.3) is 10.4 Å². The minimum atomic E-state index is 0.819. The Morgan fingerprint density at radius 3 is 2.68 bits per heavy atom. The molecule has 1 saturated heterocycles. The molecule has 2 aromatic rings. The van der Waals surface area contributed by atoms with E-state index in [2.05, 4.69) is 33.2 Å². The summed E-state index contributed by atoms with van der Waals surface area (Å²) in [5.41, 5.74) is 2.38. The summed E-state index contributed by atoms with van der Waals surface area (Å²) >= 11 is 1.75. The molecule has 100 valence electrons. The van der Waals surface area contributed by atoms with Crippen LogP contribution in [0.4, 0.5) is 5.69 Å². The van der Waals surface area contributed by atoms with Crippen LogP contribution in [-0.4, -0.2) is 36.3 Å². The van der Waals surface area contributed by atoms with E-state index in [1.807, 2.05) is 12.4 Å². The zero-order chi connectivity index (χ0) is 13.1. The minimum Gasteiger partial charge on any atom is -0.378 e. The summed E-state index contributed by atoms with van der Waals surface area (Å²) in [5, 5.41) is 2.20. The molecule has 3 rings (SSSR count). The van der Waals surface area contributed by atoms with Crippen molar-refractivity contribution in [3.63, 3.8) is 0 Å². The third-order valence-electron chi connectivity index (χ3n) is 3.27. The molecule has 0 N–H and O–H groups in total. The molecule has 0 spiro atoms. The van der Waals surface area contributed by atoms with E-state index in [1.54, 1.807) is 11.3 Å². The molecule has 0 atom stereocenters. The van der Waals surface area contributed by atoms with Gasteiger partial charge in [0.25, 0.3) is 0 Å². The zero-order valence-corrected chi connectivity index (χ0v) is 11.8. The molecule has 1 fully saturated rings. The Hall–Kier alpha value is -1.46. The van der Waals surface area contributed by atoms with Crippen LogP contribution in [0.15, 0.2) is 23.8 Å². The molecule has 4 nitrogen and oxygen atoms in total. The van der Waals surface area contributed by atoms with Gasteiger partial charge in [0.2, 0.25) is 0 Å². The molecular weight excluding hydrogens is 258 g/mol. The molecular formula is C14H17N3OS. The van der Waals surface area contributed by atoms with E-state index < -0.39 is 0 Å². The number of rotatable bonds is 3. The number of morpholine rings is 1. The van der Waals surface area contributed by atoms with Gasteiger partial charge >= 0.3 is 0 Å². The second-order valence-corrected chi connectivity index (χ2v) is 5.42. The average Bonchev–Trinajstić information content (AvgIpc) is 2.98. The van der Waals surface area contributed by atoms with Crippen LogP contribution in [0, 0.1) is 0 Å². The van der Waals surface area contributed by atoms with Gasteiger partial charge in [0.05, 0.1) is 13.2 Å². The lowest BCUT2D eigenvalue weighted by Gasteiger charge is -2.27. The van der Waals surface area contributed by atoms with E-state index in [-0.39, 0.29) is 0 Å². The Bertz CT molecular complexity index is 532. The highest BCUT2D eigenvalue weighted by Gasteiger charge is 2.13. The van der Waals surface area contributed by atoms with Gasteiger partial charge in [-0.15, -0.1) is 11.3 Å². The maximum absolute atomic E-state index is 5.38. The summed E-state index contributed by atoms with van der Waals surface area (Å²) in [6.45, 7) is 5.65. The first kappa shape index (κ1) is 12.6. The fourth-order valence-electron chi connectivity index (χ4n) is 2.13. The number of anilines is 1. The van der Waals surface area contributed by atoms with Crippen LogP contribution in [0.2, 0.25) is 0 Å². The maximum atomic E-state index is 5.38. The predicted octanol–water partition coefficient (Wildman–Crippen LogP) is 2.60. The van der Waals surface area contributed by atoms with Crippen molar-refractivity contribution in [1.82, 2.24) is 9.97 Å². The largest absolute Gasteiger partial charge is 0.378 e. The van der Waals surface area contributed by atoms with Crippen molar-refractivity contribution >= 4 is 17.0 Å². The van der Waals surface area contributed by atoms with Gasteiger partial charge in [0.15, 0.2) is 0 Å². The highest BCUT2D eigenvalue weighted by Crippen LogP contribution is 2.31. The van der Waals surface area contributed by atoms with E-state index in [9.17, 15) is 0 Å². The van der Waals surface area contributed by atoms with Crippen molar-refractivity contribution in [3.8, 4) is 10.4 Å². The molecule has 0 saturated carbocycles. The third kappa shape index (κ3) is 2.77. The Kier molecular flexibility index (Phi) is 3.75. The van der Waals surface area contributed by atoms with Crippen molar-refractivity contribution in [3.05, 3.63) is 29.7 Å². The van der Waals surface area contributed by atoms with E-state index in [0.29, 0.717) is 0 Å². The van der Waals surface area contributed by atoms with Gasteiger partial charge in [-0.3, -0.25) is 0 Å². The van der Waals surface area contributed by atoms with Crippen LogP contribution >= 0.6 is 11.3 Å². The molecule has 0 amide bonds. The lowest BCUT2D eigenvalue weighted by Crippen LogP contribution is -2.35. The van der Waals surface area contributed by atoms with Gasteiger partial charge in [-0.2, -0.15) is 0 Å². The van der Waals surface area contributed by atoms with Gasteiger partial charge in [0.1, 0.15) is 5.82 Å². The van der Waals surface area contributed by atoms with Crippen molar-refractivity contribution in [1.29, 1.82) is 0 Å². The number of nitrogens with zero attached hydrogens (tertiary/aromatic N) is 3. The summed E-state index contributed by atoms with van der Waals surface area (Å²) in [5.74, 6) is 0.897. The highest BCUT2D eigenvalue weighted by molar-refractivity contribution is 7.14. The van der Waals surface area contributed by atoms with E-state index in [4.69, 9.17) is 4.74 Å². The lowest BCUT2D eigenvalue weighted by atomic mass is 10.2. The predicted molar refractivity (Wildman–Crippen MR) is 77.8 cm³/mol. The normalized spacial score (nSPS) is 15.7. The SMILES string of the molecule is CCc1ncc(-c2cc(N3CCOCC3)cs2)cn1. The molecule has 5 heteroatoms. The standard InChI is InChI=1S/C14H17N3OS/c1-2-14-15-8-11(9-16-14)13-7-12(10-19-13)17-3-5-18-6-4-17/h7-10H,2-6H2,1H3. The molecule has 19 heavy (non-hydrogen) atoms. The second-order valence-electron chi connectivity index (χ2n) is 4.51. The Morgan fingerprint density at radius 1 is 1.26 bits per heavy atom. The first-order valence-electron chi connectivity index (χ1n) is 6.59. The number of hydrogen-bond acceptors (Lipinski definition) is 5. The molecule has 0 bridgehead atoms. The first-order valence-corrected chi connectivity index (χ1v) is 7.47. The summed E-state index contributed by atoms with van der Waals surface area (Å²) in [4.78, 5) is 12.3. The quantitative estimate of drug-likeness (QED) is 0.863. The lowest BCUT2D eigenvalue weighted by molar-refractivity contribution is 0.123. The fraction of sp³-hybridized carbons (Fsp3) is 0.429. The second kappa shape index (κ2) is 5.67. The molecule has 0 aromatic carbocycles. The molecule has 3 heterocycles. The molecule has 0 radical (unpaired) electrons. The van der Waals surface area contributed by atoms with Gasteiger partial charge in [-0.25, -0.2) is 9.97 Å². The Balaban J connectivity index is 1.79. The summed E-state index contributed by atoms with van der Waals surface area (Å²) in [6, 6.07) is 2.22. The van der Waals surface area contributed by atoms with Crippen molar-refractivity contribution in [2.24, 2.45) is 0 Å². The van der Waals surface area contributed by atoms with E-state index >= 15 is 0 Å². The van der Waals surface area contributed by atoms with E-state index in [0.717, 1.165) is 44.1 Å². The first-order chi connectivity index (χ1) is 9.36. The van der Waals surface area contributed by atoms with Crippen molar-refractivity contribution in [2.45, 2.75) is 13.3 Å². The molecule has 0 unspecified atom stereocenters. The number of ether oxygens (including phenoxy) is 1. The Labute approximate surface area is 117 Å². The van der Waals surface area contributed by atoms with Crippen LogP contribution in [0.5, 0.6) is 0 Å². The van der Waals surface area contributed by atoms with Gasteiger partial charge < -0.3 is 9.64 Å². The molecule has 0 aliphatic carbocycles. The van der Waals surface area contributed by atoms with Crippen LogP contribution in [-0.2, 0) is 11.2 Å². The van der Waals surface area contributed by atoms with Crippen molar-refractivity contribution < 1.29 is 4.74 Å². The van der Waals surface area contributed by atoms with Crippen LogP contribution < -0.4 is 4.90 Å². The molecule has 1 aliphatic rings. The zero-order valence-electron chi connectivity index (χ0n) is 11.0. The minimum absolute atomic E-state index is 0.819. The third-order valence-corrected chi connectivity index (χ3v) is 4.23. The topological polar surface area (TPSA) is 38.2 Å². The number of thiophene rings is 1. The molecule has 1 aliphatic heterocycles. The number of aryl methyl sites for hydroxylation is 1. The van der Waals surface area contributed by atoms with Crippen LogP contribution in [0.1, 0.15) is 12.7 Å². The average molecular weight is 275 g/mol. The van der Waals surface area contributed by atoms with Gasteiger partial charge in [-0.1, -0.05) is 6.92 Å². The number of aromatic nitrogens is 2. The monoisotopic (exact) mass is 275 g/mol. The highest BCUT2D eigenvalue weighted by atomic mass is 32.1. The summed E-state index contributed by atoms with van der Waals surface area (Å²) in [7, 11) is 0. The fourth-order valence-corrected chi connectivity index (χ4v) is 3.02. The number of hydrogen-bond donors (Lipinski definition) is 0. The van der Waals surface area contributed by atoms with Crippen molar-refractivity contribution in [2.75, 3.05) is 31.2 Å².